The van der Waals surface area contributed by atoms with Crippen LogP contribution in [0.4, 0.5) is 24.8 Å². The van der Waals surface area contributed by atoms with Gasteiger partial charge in [-0.2, -0.15) is 0 Å². The molecule has 0 aliphatic carbocycles. The molecule has 1 aliphatic rings. The Labute approximate surface area is 154 Å². The molecule has 0 spiro atoms. The molecule has 1 saturated heterocycles. The van der Waals surface area contributed by atoms with E-state index < -0.39 is 6.36 Å². The van der Waals surface area contributed by atoms with Crippen LogP contribution in [0.5, 0.6) is 5.75 Å². The fourth-order valence-electron chi connectivity index (χ4n) is 2.97. The lowest BCUT2D eigenvalue weighted by atomic mass is 10.2. The molecule has 0 unspecified atom stereocenters. The highest BCUT2D eigenvalue weighted by molar-refractivity contribution is 5.76. The molecule has 0 bridgehead atoms. The number of piperazine rings is 1. The summed E-state index contributed by atoms with van der Waals surface area (Å²) in [5.41, 5.74) is 2.05. The predicted molar refractivity (Wildman–Crippen MR) is 94.3 cm³/mol. The predicted octanol–water partition coefficient (Wildman–Crippen LogP) is 3.08. The van der Waals surface area contributed by atoms with Crippen LogP contribution >= 0.6 is 0 Å². The van der Waals surface area contributed by atoms with Crippen LogP contribution in [0.1, 0.15) is 23.0 Å². The van der Waals surface area contributed by atoms with E-state index in [1.807, 2.05) is 11.8 Å². The number of alkyl halides is 3. The number of aryl methyl sites for hydroxylation is 1. The Balaban J connectivity index is 1.63. The second-order valence-corrected chi connectivity index (χ2v) is 6.06. The van der Waals surface area contributed by atoms with Crippen LogP contribution in [0.3, 0.4) is 0 Å². The summed E-state index contributed by atoms with van der Waals surface area (Å²) in [6.45, 7) is 4.64. The highest BCUT2D eigenvalue weighted by Gasteiger charge is 2.31. The third-order valence-corrected chi connectivity index (χ3v) is 4.35. The standard InChI is InChI=1S/C18H19F3N4O2/c1-2-16-13(12-26)11-22-17(23-16)25-9-7-24(8-10-25)14-3-5-15(6-4-14)27-18(19,20)21/h3-6,11-12H,2,7-10H2,1H3. The van der Waals surface area contributed by atoms with Crippen LogP contribution in [0.15, 0.2) is 30.5 Å². The van der Waals surface area contributed by atoms with Gasteiger partial charge < -0.3 is 14.5 Å². The van der Waals surface area contributed by atoms with Crippen molar-refractivity contribution in [1.82, 2.24) is 9.97 Å². The number of nitrogens with zero attached hydrogens (tertiary/aromatic N) is 4. The molecule has 9 heteroatoms. The van der Waals surface area contributed by atoms with E-state index in [9.17, 15) is 18.0 Å². The summed E-state index contributed by atoms with van der Waals surface area (Å²) in [6, 6.07) is 5.84. The number of halogens is 3. The van der Waals surface area contributed by atoms with E-state index in [-0.39, 0.29) is 5.75 Å². The van der Waals surface area contributed by atoms with Crippen LogP contribution in [0, 0.1) is 0 Å². The van der Waals surface area contributed by atoms with E-state index in [4.69, 9.17) is 0 Å². The molecule has 6 nitrogen and oxygen atoms in total. The summed E-state index contributed by atoms with van der Waals surface area (Å²) in [7, 11) is 0. The van der Waals surface area contributed by atoms with Gasteiger partial charge in [-0.25, -0.2) is 9.97 Å². The first-order valence-corrected chi connectivity index (χ1v) is 8.56. The number of rotatable bonds is 5. The summed E-state index contributed by atoms with van der Waals surface area (Å²) in [4.78, 5) is 23.9. The van der Waals surface area contributed by atoms with Crippen LogP contribution in [-0.4, -0.2) is 48.8 Å². The zero-order valence-electron chi connectivity index (χ0n) is 14.7. The second kappa shape index (κ2) is 7.81. The van der Waals surface area contributed by atoms with Gasteiger partial charge in [-0.15, -0.1) is 13.2 Å². The van der Waals surface area contributed by atoms with Gasteiger partial charge in [0.2, 0.25) is 5.95 Å². The quantitative estimate of drug-likeness (QED) is 0.743. The first kappa shape index (κ1) is 18.9. The number of carbonyl (C=O) groups is 1. The Hall–Kier alpha value is -2.84. The summed E-state index contributed by atoms with van der Waals surface area (Å²) >= 11 is 0. The van der Waals surface area contributed by atoms with Crippen LogP contribution < -0.4 is 14.5 Å². The minimum atomic E-state index is -4.69. The molecule has 1 aliphatic heterocycles. The van der Waals surface area contributed by atoms with E-state index >= 15 is 0 Å². The van der Waals surface area contributed by atoms with E-state index in [0.717, 1.165) is 17.7 Å². The van der Waals surface area contributed by atoms with Crippen molar-refractivity contribution in [2.75, 3.05) is 36.0 Å². The van der Waals surface area contributed by atoms with Gasteiger partial charge in [0, 0.05) is 38.1 Å². The number of carbonyl (C=O) groups excluding carboxylic acids is 1. The summed E-state index contributed by atoms with van der Waals surface area (Å²) in [5.74, 6) is 0.353. The third kappa shape index (κ3) is 4.66. The summed E-state index contributed by atoms with van der Waals surface area (Å²) in [6.07, 6.45) is -1.74. The molecule has 144 valence electrons. The Kier molecular flexibility index (Phi) is 5.48. The second-order valence-electron chi connectivity index (χ2n) is 6.06. The van der Waals surface area contributed by atoms with Crippen molar-refractivity contribution >= 4 is 17.9 Å². The van der Waals surface area contributed by atoms with Crippen molar-refractivity contribution in [3.63, 3.8) is 0 Å². The lowest BCUT2D eigenvalue weighted by Crippen LogP contribution is -2.47. The molecule has 0 saturated carbocycles. The number of ether oxygens (including phenoxy) is 1. The van der Waals surface area contributed by atoms with E-state index in [1.54, 1.807) is 18.3 Å². The molecular weight excluding hydrogens is 361 g/mol. The zero-order valence-corrected chi connectivity index (χ0v) is 14.7. The SMILES string of the molecule is CCc1nc(N2CCN(c3ccc(OC(F)(F)F)cc3)CC2)ncc1C=O. The largest absolute Gasteiger partial charge is 0.573 e. The van der Waals surface area contributed by atoms with Gasteiger partial charge in [-0.05, 0) is 30.7 Å². The summed E-state index contributed by atoms with van der Waals surface area (Å²) < 4.78 is 40.6. The van der Waals surface area contributed by atoms with Gasteiger partial charge in [0.05, 0.1) is 11.3 Å². The lowest BCUT2D eigenvalue weighted by Gasteiger charge is -2.36. The van der Waals surface area contributed by atoms with Crippen LogP contribution in [-0.2, 0) is 6.42 Å². The number of hydrogen-bond donors (Lipinski definition) is 0. The highest BCUT2D eigenvalue weighted by Crippen LogP contribution is 2.26. The average Bonchev–Trinajstić information content (AvgIpc) is 2.67. The first-order chi connectivity index (χ1) is 12.9. The number of aromatic nitrogens is 2. The number of hydrogen-bond acceptors (Lipinski definition) is 6. The topological polar surface area (TPSA) is 58.6 Å². The molecule has 0 atom stereocenters. The smallest absolute Gasteiger partial charge is 0.406 e. The first-order valence-electron chi connectivity index (χ1n) is 8.56. The van der Waals surface area contributed by atoms with Crippen molar-refractivity contribution in [3.8, 4) is 5.75 Å². The summed E-state index contributed by atoms with van der Waals surface area (Å²) in [5, 5.41) is 0. The van der Waals surface area contributed by atoms with Crippen molar-refractivity contribution in [3.05, 3.63) is 41.7 Å². The van der Waals surface area contributed by atoms with Crippen molar-refractivity contribution in [1.29, 1.82) is 0 Å². The lowest BCUT2D eigenvalue weighted by molar-refractivity contribution is -0.274. The molecule has 1 aromatic heterocycles. The maximum atomic E-state index is 12.2. The minimum absolute atomic E-state index is 0.236. The molecular formula is C18H19F3N4O2. The van der Waals surface area contributed by atoms with Crippen molar-refractivity contribution < 1.29 is 22.7 Å². The molecule has 1 aromatic carbocycles. The van der Waals surface area contributed by atoms with Crippen LogP contribution in [0.25, 0.3) is 0 Å². The highest BCUT2D eigenvalue weighted by atomic mass is 19.4. The molecule has 1 fully saturated rings. The van der Waals surface area contributed by atoms with Gasteiger partial charge in [0.1, 0.15) is 5.75 Å². The molecule has 0 amide bonds. The van der Waals surface area contributed by atoms with Crippen molar-refractivity contribution in [2.24, 2.45) is 0 Å². The van der Waals surface area contributed by atoms with E-state index in [1.165, 1.54) is 12.1 Å². The Morgan fingerprint density at radius 2 is 1.74 bits per heavy atom. The average molecular weight is 380 g/mol. The van der Waals surface area contributed by atoms with Gasteiger partial charge in [0.25, 0.3) is 0 Å². The number of benzene rings is 1. The maximum Gasteiger partial charge on any atom is 0.573 e. The molecule has 0 radical (unpaired) electrons. The third-order valence-electron chi connectivity index (χ3n) is 4.35. The van der Waals surface area contributed by atoms with E-state index in [2.05, 4.69) is 19.6 Å². The normalized spacial score (nSPS) is 15.0. The maximum absolute atomic E-state index is 12.2. The Morgan fingerprint density at radius 1 is 1.11 bits per heavy atom. The fourth-order valence-corrected chi connectivity index (χ4v) is 2.97. The molecule has 2 aromatic rings. The van der Waals surface area contributed by atoms with Gasteiger partial charge in [-0.3, -0.25) is 4.79 Å². The van der Waals surface area contributed by atoms with Gasteiger partial charge >= 0.3 is 6.36 Å². The van der Waals surface area contributed by atoms with Gasteiger partial charge in [-0.1, -0.05) is 6.92 Å². The van der Waals surface area contributed by atoms with Crippen LogP contribution in [0.2, 0.25) is 0 Å². The van der Waals surface area contributed by atoms with Crippen molar-refractivity contribution in [2.45, 2.75) is 19.7 Å². The molecule has 2 heterocycles. The minimum Gasteiger partial charge on any atom is -0.406 e. The van der Waals surface area contributed by atoms with Gasteiger partial charge in [0.15, 0.2) is 6.29 Å². The molecule has 27 heavy (non-hydrogen) atoms. The molecule has 0 N–H and O–H groups in total. The number of anilines is 2. The number of aldehydes is 1. The Morgan fingerprint density at radius 3 is 2.30 bits per heavy atom. The zero-order chi connectivity index (χ0) is 19.4. The van der Waals surface area contributed by atoms with E-state index in [0.29, 0.717) is 44.1 Å². The Bertz CT molecular complexity index is 788. The fraction of sp³-hybridized carbons (Fsp3) is 0.389. The molecule has 3 rings (SSSR count). The monoisotopic (exact) mass is 380 g/mol.